The monoisotopic (exact) mass is 321 g/mol. The Labute approximate surface area is 132 Å². The zero-order valence-corrected chi connectivity index (χ0v) is 13.9. The molecule has 4 nitrogen and oxygen atoms in total. The fourth-order valence-corrected chi connectivity index (χ4v) is 3.88. The maximum absolute atomic E-state index is 11.9. The minimum absolute atomic E-state index is 0.0380. The first-order valence-corrected chi connectivity index (χ1v) is 8.89. The molecule has 2 aromatic rings. The molecule has 0 bridgehead atoms. The van der Waals surface area contributed by atoms with Gasteiger partial charge in [-0.15, -0.1) is 22.7 Å². The predicted octanol–water partition coefficient (Wildman–Crippen LogP) is 3.79. The zero-order valence-electron chi connectivity index (χ0n) is 12.3. The number of nitrogens with one attached hydrogen (secondary N) is 1. The van der Waals surface area contributed by atoms with E-state index in [-0.39, 0.29) is 5.91 Å². The normalized spacial score (nSPS) is 14.8. The molecule has 21 heavy (non-hydrogen) atoms. The van der Waals surface area contributed by atoms with Crippen molar-refractivity contribution in [3.05, 3.63) is 22.4 Å². The van der Waals surface area contributed by atoms with Gasteiger partial charge in [-0.25, -0.2) is 4.98 Å². The fourth-order valence-electron chi connectivity index (χ4n) is 2.24. The first-order chi connectivity index (χ1) is 10.1. The Morgan fingerprint density at radius 3 is 2.86 bits per heavy atom. The molecule has 1 aliphatic rings. The van der Waals surface area contributed by atoms with Gasteiger partial charge in [0, 0.05) is 31.4 Å². The second-order valence-corrected chi connectivity index (χ2v) is 7.38. The number of carbonyl (C=O) groups excluding carboxylic acids is 1. The Morgan fingerprint density at radius 1 is 1.38 bits per heavy atom. The van der Waals surface area contributed by atoms with E-state index in [2.05, 4.69) is 15.7 Å². The SMILES string of the molecule is CN(C)C(=O)c1csc(-c2csc(NCC3CCC3)n2)c1. The number of anilines is 1. The maximum Gasteiger partial charge on any atom is 0.254 e. The first kappa shape index (κ1) is 14.5. The summed E-state index contributed by atoms with van der Waals surface area (Å²) in [6.45, 7) is 1.03. The molecule has 0 radical (unpaired) electrons. The van der Waals surface area contributed by atoms with Gasteiger partial charge in [-0.05, 0) is 24.8 Å². The summed E-state index contributed by atoms with van der Waals surface area (Å²) in [5.41, 5.74) is 1.69. The molecule has 1 N–H and O–H groups in total. The lowest BCUT2D eigenvalue weighted by Crippen LogP contribution is -2.20. The molecule has 2 aromatic heterocycles. The van der Waals surface area contributed by atoms with E-state index >= 15 is 0 Å². The molecule has 0 aliphatic heterocycles. The Morgan fingerprint density at radius 2 is 2.19 bits per heavy atom. The van der Waals surface area contributed by atoms with Gasteiger partial charge < -0.3 is 10.2 Å². The van der Waals surface area contributed by atoms with Crippen molar-refractivity contribution in [2.75, 3.05) is 26.0 Å². The second-order valence-electron chi connectivity index (χ2n) is 5.61. The summed E-state index contributed by atoms with van der Waals surface area (Å²) in [6.07, 6.45) is 4.05. The van der Waals surface area contributed by atoms with Crippen molar-refractivity contribution in [2.24, 2.45) is 5.92 Å². The van der Waals surface area contributed by atoms with Crippen molar-refractivity contribution >= 4 is 33.7 Å². The van der Waals surface area contributed by atoms with Crippen LogP contribution in [0.3, 0.4) is 0 Å². The number of thiazole rings is 1. The number of thiophene rings is 1. The molecule has 1 aliphatic carbocycles. The van der Waals surface area contributed by atoms with Crippen LogP contribution in [0.2, 0.25) is 0 Å². The van der Waals surface area contributed by atoms with Crippen LogP contribution in [0.15, 0.2) is 16.8 Å². The molecule has 1 amide bonds. The minimum Gasteiger partial charge on any atom is -0.361 e. The van der Waals surface area contributed by atoms with E-state index in [0.29, 0.717) is 0 Å². The van der Waals surface area contributed by atoms with Crippen LogP contribution < -0.4 is 5.32 Å². The van der Waals surface area contributed by atoms with E-state index in [1.807, 2.05) is 11.4 Å². The van der Waals surface area contributed by atoms with E-state index in [9.17, 15) is 4.79 Å². The average molecular weight is 321 g/mol. The van der Waals surface area contributed by atoms with E-state index in [0.717, 1.165) is 33.7 Å². The molecule has 1 fully saturated rings. The summed E-state index contributed by atoms with van der Waals surface area (Å²) in [5, 5.41) is 8.35. The molecule has 0 atom stereocenters. The number of carbonyl (C=O) groups is 1. The lowest BCUT2D eigenvalue weighted by atomic mass is 9.86. The third-order valence-corrected chi connectivity index (χ3v) is 5.53. The third-order valence-electron chi connectivity index (χ3n) is 3.78. The fraction of sp³-hybridized carbons (Fsp3) is 0.467. The average Bonchev–Trinajstić information content (AvgIpc) is 3.04. The second kappa shape index (κ2) is 6.15. The number of aromatic nitrogens is 1. The molecule has 3 rings (SSSR count). The molecular formula is C15H19N3OS2. The number of hydrogen-bond donors (Lipinski definition) is 1. The molecule has 0 unspecified atom stereocenters. The first-order valence-electron chi connectivity index (χ1n) is 7.13. The highest BCUT2D eigenvalue weighted by Crippen LogP contribution is 2.31. The zero-order chi connectivity index (χ0) is 14.8. The molecule has 0 saturated heterocycles. The number of hydrogen-bond acceptors (Lipinski definition) is 5. The standard InChI is InChI=1S/C15H19N3OS2/c1-18(2)14(19)11-6-13(20-8-11)12-9-21-15(17-12)16-7-10-4-3-5-10/h6,8-10H,3-5,7H2,1-2H3,(H,16,17). The Hall–Kier alpha value is -1.40. The molecular weight excluding hydrogens is 302 g/mol. The highest BCUT2D eigenvalue weighted by atomic mass is 32.1. The smallest absolute Gasteiger partial charge is 0.254 e. The molecule has 2 heterocycles. The molecule has 0 spiro atoms. The topological polar surface area (TPSA) is 45.2 Å². The highest BCUT2D eigenvalue weighted by Gasteiger charge is 2.18. The lowest BCUT2D eigenvalue weighted by Gasteiger charge is -2.25. The van der Waals surface area contributed by atoms with Gasteiger partial charge in [0.05, 0.1) is 16.1 Å². The van der Waals surface area contributed by atoms with Crippen LogP contribution in [0.4, 0.5) is 5.13 Å². The summed E-state index contributed by atoms with van der Waals surface area (Å²) in [4.78, 5) is 19.2. The van der Waals surface area contributed by atoms with Crippen molar-refractivity contribution < 1.29 is 4.79 Å². The summed E-state index contributed by atoms with van der Waals surface area (Å²) in [7, 11) is 3.54. The van der Waals surface area contributed by atoms with Gasteiger partial charge >= 0.3 is 0 Å². The Kier molecular flexibility index (Phi) is 4.26. The van der Waals surface area contributed by atoms with Crippen molar-refractivity contribution in [1.29, 1.82) is 0 Å². The van der Waals surface area contributed by atoms with Crippen LogP contribution in [0.5, 0.6) is 0 Å². The number of rotatable bonds is 5. The van der Waals surface area contributed by atoms with Crippen LogP contribution >= 0.6 is 22.7 Å². The van der Waals surface area contributed by atoms with E-state index < -0.39 is 0 Å². The van der Waals surface area contributed by atoms with Crippen molar-refractivity contribution in [3.8, 4) is 10.6 Å². The van der Waals surface area contributed by atoms with Gasteiger partial charge in [0.15, 0.2) is 5.13 Å². The van der Waals surface area contributed by atoms with Crippen LogP contribution in [-0.4, -0.2) is 36.4 Å². The lowest BCUT2D eigenvalue weighted by molar-refractivity contribution is 0.0828. The van der Waals surface area contributed by atoms with Crippen molar-refractivity contribution in [1.82, 2.24) is 9.88 Å². The molecule has 6 heteroatoms. The van der Waals surface area contributed by atoms with Gasteiger partial charge in [0.2, 0.25) is 0 Å². The van der Waals surface area contributed by atoms with Crippen molar-refractivity contribution in [2.45, 2.75) is 19.3 Å². The van der Waals surface area contributed by atoms with Crippen molar-refractivity contribution in [3.63, 3.8) is 0 Å². The predicted molar refractivity (Wildman–Crippen MR) is 89.3 cm³/mol. The van der Waals surface area contributed by atoms with Crippen LogP contribution in [0, 0.1) is 5.92 Å². The molecule has 1 saturated carbocycles. The van der Waals surface area contributed by atoms with Gasteiger partial charge in [0.1, 0.15) is 0 Å². The summed E-state index contributed by atoms with van der Waals surface area (Å²) >= 11 is 3.20. The third kappa shape index (κ3) is 3.27. The van der Waals surface area contributed by atoms with E-state index in [1.54, 1.807) is 41.7 Å². The quantitative estimate of drug-likeness (QED) is 0.911. The van der Waals surface area contributed by atoms with Crippen LogP contribution in [0.25, 0.3) is 10.6 Å². The summed E-state index contributed by atoms with van der Waals surface area (Å²) in [6, 6.07) is 1.93. The van der Waals surface area contributed by atoms with Gasteiger partial charge in [-0.1, -0.05) is 6.42 Å². The Bertz CT molecular complexity index is 628. The number of nitrogens with zero attached hydrogens (tertiary/aromatic N) is 2. The maximum atomic E-state index is 11.9. The van der Waals surface area contributed by atoms with Gasteiger partial charge in [0.25, 0.3) is 5.91 Å². The minimum atomic E-state index is 0.0380. The Balaban J connectivity index is 1.66. The molecule has 112 valence electrons. The van der Waals surface area contributed by atoms with Gasteiger partial charge in [-0.2, -0.15) is 0 Å². The summed E-state index contributed by atoms with van der Waals surface area (Å²) < 4.78 is 0. The van der Waals surface area contributed by atoms with Gasteiger partial charge in [-0.3, -0.25) is 4.79 Å². The summed E-state index contributed by atoms with van der Waals surface area (Å²) in [5.74, 6) is 0.861. The highest BCUT2D eigenvalue weighted by molar-refractivity contribution is 7.16. The van der Waals surface area contributed by atoms with E-state index in [4.69, 9.17) is 0 Å². The molecule has 0 aromatic carbocycles. The van der Waals surface area contributed by atoms with Crippen LogP contribution in [0.1, 0.15) is 29.6 Å². The van der Waals surface area contributed by atoms with Crippen LogP contribution in [-0.2, 0) is 0 Å². The van der Waals surface area contributed by atoms with E-state index in [1.165, 1.54) is 19.3 Å². The number of amides is 1. The largest absolute Gasteiger partial charge is 0.361 e.